The van der Waals surface area contributed by atoms with Crippen molar-refractivity contribution in [2.45, 2.75) is 31.7 Å². The van der Waals surface area contributed by atoms with Gasteiger partial charge in [0.2, 0.25) is 0 Å². The summed E-state index contributed by atoms with van der Waals surface area (Å²) in [4.78, 5) is 21.8. The van der Waals surface area contributed by atoms with Crippen LogP contribution in [0.5, 0.6) is 5.75 Å². The first-order valence-electron chi connectivity index (χ1n) is 10.9. The Labute approximate surface area is 195 Å². The van der Waals surface area contributed by atoms with E-state index < -0.39 is 6.43 Å². The van der Waals surface area contributed by atoms with E-state index >= 15 is 0 Å². The van der Waals surface area contributed by atoms with Gasteiger partial charge in [0.1, 0.15) is 17.8 Å². The number of imidazole rings is 1. The van der Waals surface area contributed by atoms with Gasteiger partial charge in [-0.3, -0.25) is 0 Å². The second-order valence-electron chi connectivity index (χ2n) is 8.16. The van der Waals surface area contributed by atoms with E-state index in [-0.39, 0.29) is 5.69 Å². The summed E-state index contributed by atoms with van der Waals surface area (Å²) in [6.45, 7) is 0.483. The summed E-state index contributed by atoms with van der Waals surface area (Å²) in [6.07, 6.45) is 5.93. The second-order valence-corrected chi connectivity index (χ2v) is 8.16. The smallest absolute Gasteiger partial charge is 0.281 e. The van der Waals surface area contributed by atoms with Crippen molar-refractivity contribution in [1.82, 2.24) is 29.5 Å². The number of benzene rings is 1. The molecule has 0 radical (unpaired) electrons. The lowest BCUT2D eigenvalue weighted by molar-refractivity contribution is 0.146. The summed E-state index contributed by atoms with van der Waals surface area (Å²) in [6, 6.07) is 7.56. The highest BCUT2D eigenvalue weighted by molar-refractivity contribution is 5.63. The van der Waals surface area contributed by atoms with Crippen molar-refractivity contribution in [2.24, 2.45) is 7.05 Å². The molecule has 4 aromatic rings. The minimum Gasteiger partial charge on any atom is -0.491 e. The van der Waals surface area contributed by atoms with Gasteiger partial charge in [-0.1, -0.05) is 24.3 Å². The zero-order chi connectivity index (χ0) is 23.7. The van der Waals surface area contributed by atoms with Gasteiger partial charge in [-0.15, -0.1) is 0 Å². The summed E-state index contributed by atoms with van der Waals surface area (Å²) >= 11 is 0. The molecule has 3 heterocycles. The molecule has 0 amide bonds. The first-order chi connectivity index (χ1) is 16.5. The Morgan fingerprint density at radius 1 is 1.12 bits per heavy atom. The number of hydrogen-bond acceptors (Lipinski definition) is 7. The molecule has 1 saturated carbocycles. The van der Waals surface area contributed by atoms with Crippen molar-refractivity contribution in [3.63, 3.8) is 0 Å². The van der Waals surface area contributed by atoms with Gasteiger partial charge < -0.3 is 14.6 Å². The molecule has 10 heteroatoms. The molecule has 1 fully saturated rings. The molecule has 0 spiro atoms. The van der Waals surface area contributed by atoms with Gasteiger partial charge >= 0.3 is 0 Å². The maximum absolute atomic E-state index is 13.0. The molecule has 8 nitrogen and oxygen atoms in total. The predicted octanol–water partition coefficient (Wildman–Crippen LogP) is 4.77. The van der Waals surface area contributed by atoms with Crippen LogP contribution in [0, 0.1) is 0 Å². The number of alkyl halides is 2. The Balaban J connectivity index is 1.34. The number of aryl methyl sites for hydroxylation is 1. The predicted molar refractivity (Wildman–Crippen MR) is 123 cm³/mol. The molecule has 3 aromatic heterocycles. The minimum atomic E-state index is -2.60. The SMILES string of the molecule is COc1cnc(-c2cncnc2C2CC2)nc1NCc1ccc(-c2nc(C(F)F)cn2C)cc1. The van der Waals surface area contributed by atoms with Gasteiger partial charge in [0, 0.05) is 37.5 Å². The number of nitrogens with zero attached hydrogens (tertiary/aromatic N) is 6. The molecule has 0 bridgehead atoms. The lowest BCUT2D eigenvalue weighted by atomic mass is 10.1. The zero-order valence-electron chi connectivity index (χ0n) is 18.7. The minimum absolute atomic E-state index is 0.233. The van der Waals surface area contributed by atoms with Gasteiger partial charge in [-0.05, 0) is 18.4 Å². The molecule has 1 N–H and O–H groups in total. The normalized spacial score (nSPS) is 13.3. The van der Waals surface area contributed by atoms with Gasteiger partial charge in [-0.25, -0.2) is 33.7 Å². The number of methoxy groups -OCH3 is 1. The molecule has 0 atom stereocenters. The van der Waals surface area contributed by atoms with E-state index in [0.717, 1.165) is 35.2 Å². The number of hydrogen-bond donors (Lipinski definition) is 1. The van der Waals surface area contributed by atoms with E-state index in [0.29, 0.717) is 35.7 Å². The molecule has 1 aliphatic rings. The molecule has 0 aliphatic heterocycles. The van der Waals surface area contributed by atoms with Crippen molar-refractivity contribution in [3.8, 4) is 28.5 Å². The Morgan fingerprint density at radius 2 is 1.91 bits per heavy atom. The van der Waals surface area contributed by atoms with E-state index in [9.17, 15) is 8.78 Å². The van der Waals surface area contributed by atoms with Crippen LogP contribution in [-0.2, 0) is 13.6 Å². The average molecular weight is 463 g/mol. The highest BCUT2D eigenvalue weighted by Gasteiger charge is 2.29. The maximum Gasteiger partial charge on any atom is 0.281 e. The molecule has 5 rings (SSSR count). The van der Waals surface area contributed by atoms with E-state index in [4.69, 9.17) is 4.74 Å². The molecule has 34 heavy (non-hydrogen) atoms. The third kappa shape index (κ3) is 4.43. The number of nitrogens with one attached hydrogen (secondary N) is 1. The number of rotatable bonds is 8. The van der Waals surface area contributed by atoms with Crippen molar-refractivity contribution >= 4 is 5.82 Å². The third-order valence-electron chi connectivity index (χ3n) is 5.71. The van der Waals surface area contributed by atoms with Crippen LogP contribution in [-0.4, -0.2) is 36.6 Å². The maximum atomic E-state index is 13.0. The standard InChI is InChI=1S/C24H23F2N7O/c1-33-12-18(21(25)26)31-24(33)16-5-3-14(4-6-16)9-28-23-19(34-2)11-29-22(32-23)17-10-27-13-30-20(17)15-7-8-15/h3-6,10-13,15,21H,7-9H2,1-2H3,(H,28,29,32). The van der Waals surface area contributed by atoms with Crippen LogP contribution < -0.4 is 10.1 Å². The lowest BCUT2D eigenvalue weighted by Gasteiger charge is -2.13. The van der Waals surface area contributed by atoms with Gasteiger partial charge in [0.15, 0.2) is 17.4 Å². The van der Waals surface area contributed by atoms with Crippen molar-refractivity contribution in [2.75, 3.05) is 12.4 Å². The zero-order valence-corrected chi connectivity index (χ0v) is 18.7. The van der Waals surface area contributed by atoms with Gasteiger partial charge in [0.25, 0.3) is 6.43 Å². The van der Waals surface area contributed by atoms with Crippen LogP contribution in [0.1, 0.15) is 42.1 Å². The van der Waals surface area contributed by atoms with E-state index in [1.807, 2.05) is 24.3 Å². The van der Waals surface area contributed by atoms with E-state index in [1.165, 1.54) is 6.20 Å². The Bertz CT molecular complexity index is 1300. The lowest BCUT2D eigenvalue weighted by Crippen LogP contribution is -2.06. The average Bonchev–Trinajstić information content (AvgIpc) is 3.64. The number of ether oxygens (including phenoxy) is 1. The van der Waals surface area contributed by atoms with Crippen LogP contribution >= 0.6 is 0 Å². The summed E-state index contributed by atoms with van der Waals surface area (Å²) < 4.78 is 32.9. The van der Waals surface area contributed by atoms with Crippen molar-refractivity contribution < 1.29 is 13.5 Å². The van der Waals surface area contributed by atoms with Crippen LogP contribution in [0.2, 0.25) is 0 Å². The van der Waals surface area contributed by atoms with Crippen molar-refractivity contribution in [1.29, 1.82) is 0 Å². The van der Waals surface area contributed by atoms with Crippen LogP contribution in [0.4, 0.5) is 14.6 Å². The molecule has 1 aliphatic carbocycles. The molecule has 0 unspecified atom stereocenters. The fraction of sp³-hybridized carbons (Fsp3) is 0.292. The quantitative estimate of drug-likeness (QED) is 0.403. The summed E-state index contributed by atoms with van der Waals surface area (Å²) in [5.41, 5.74) is 3.32. The summed E-state index contributed by atoms with van der Waals surface area (Å²) in [7, 11) is 3.27. The van der Waals surface area contributed by atoms with Gasteiger partial charge in [0.05, 0.1) is 24.6 Å². The fourth-order valence-corrected chi connectivity index (χ4v) is 3.79. The first kappa shape index (κ1) is 21.9. The largest absolute Gasteiger partial charge is 0.491 e. The third-order valence-corrected chi connectivity index (χ3v) is 5.71. The second kappa shape index (κ2) is 9.12. The number of halogens is 2. The van der Waals surface area contributed by atoms with E-state index in [2.05, 4.69) is 30.2 Å². The van der Waals surface area contributed by atoms with Crippen LogP contribution in [0.3, 0.4) is 0 Å². The monoisotopic (exact) mass is 463 g/mol. The molecule has 1 aromatic carbocycles. The number of anilines is 1. The summed E-state index contributed by atoms with van der Waals surface area (Å²) in [5, 5.41) is 3.31. The Hall–Kier alpha value is -3.95. The molecule has 0 saturated heterocycles. The molecular formula is C24H23F2N7O. The summed E-state index contributed by atoms with van der Waals surface area (Å²) in [5.74, 6) is 2.57. The number of aromatic nitrogens is 6. The highest BCUT2D eigenvalue weighted by Crippen LogP contribution is 2.42. The van der Waals surface area contributed by atoms with E-state index in [1.54, 1.807) is 37.4 Å². The first-order valence-corrected chi connectivity index (χ1v) is 10.9. The molecular weight excluding hydrogens is 440 g/mol. The Morgan fingerprint density at radius 3 is 2.59 bits per heavy atom. The van der Waals surface area contributed by atoms with Crippen LogP contribution in [0.15, 0.2) is 49.2 Å². The highest BCUT2D eigenvalue weighted by atomic mass is 19.3. The Kier molecular flexibility index (Phi) is 5.87. The van der Waals surface area contributed by atoms with Gasteiger partial charge in [-0.2, -0.15) is 0 Å². The topological polar surface area (TPSA) is 90.6 Å². The molecule has 174 valence electrons. The fourth-order valence-electron chi connectivity index (χ4n) is 3.79. The van der Waals surface area contributed by atoms with Crippen LogP contribution in [0.25, 0.3) is 22.8 Å². The van der Waals surface area contributed by atoms with Crippen molar-refractivity contribution in [3.05, 3.63) is 66.1 Å².